The molecule has 0 atom stereocenters. The van der Waals surface area contributed by atoms with Crippen LogP contribution in [0.25, 0.3) is 17.4 Å². The second-order valence-corrected chi connectivity index (χ2v) is 4.31. The predicted octanol–water partition coefficient (Wildman–Crippen LogP) is 2.13. The average molecular weight is 296 g/mol. The van der Waals surface area contributed by atoms with Crippen LogP contribution >= 0.6 is 0 Å². The van der Waals surface area contributed by atoms with Gasteiger partial charge in [-0.1, -0.05) is 12.1 Å². The number of ether oxygens (including phenoxy) is 1. The van der Waals surface area contributed by atoms with Gasteiger partial charge >= 0.3 is 5.97 Å². The van der Waals surface area contributed by atoms with E-state index in [9.17, 15) is 9.59 Å². The van der Waals surface area contributed by atoms with Gasteiger partial charge < -0.3 is 14.9 Å². The topological polar surface area (TPSA) is 106 Å². The normalized spacial score (nSPS) is 10.8. The standard InChI is InChI=1S/C16H12N2O4/c1-21-16(20)11-4-2-10(3-5-11)14-7-6-13(22-14)8-12(9-17)15(18)19/h2-8H,1H3,(H2,18,19)/b12-8+. The van der Waals surface area contributed by atoms with Crippen LogP contribution in [-0.4, -0.2) is 19.0 Å². The Labute approximate surface area is 126 Å². The first-order chi connectivity index (χ1) is 10.5. The van der Waals surface area contributed by atoms with Gasteiger partial charge in [-0.25, -0.2) is 4.79 Å². The van der Waals surface area contributed by atoms with E-state index in [4.69, 9.17) is 15.4 Å². The molecule has 2 N–H and O–H groups in total. The van der Waals surface area contributed by atoms with E-state index in [1.807, 2.05) is 0 Å². The van der Waals surface area contributed by atoms with Crippen molar-refractivity contribution in [1.29, 1.82) is 5.26 Å². The SMILES string of the molecule is COC(=O)c1ccc(-c2ccc(/C=C(\C#N)C(N)=O)o2)cc1. The van der Waals surface area contributed by atoms with E-state index in [2.05, 4.69) is 4.74 Å². The number of carbonyl (C=O) groups is 2. The molecule has 0 aliphatic carbocycles. The molecule has 0 fully saturated rings. The fourth-order valence-electron chi connectivity index (χ4n) is 1.77. The van der Waals surface area contributed by atoms with Gasteiger partial charge in [0.1, 0.15) is 23.2 Å². The van der Waals surface area contributed by atoms with Crippen molar-refractivity contribution in [3.8, 4) is 17.4 Å². The van der Waals surface area contributed by atoms with Crippen LogP contribution in [-0.2, 0) is 9.53 Å². The Morgan fingerprint density at radius 3 is 2.45 bits per heavy atom. The number of primary amides is 1. The maximum Gasteiger partial charge on any atom is 0.337 e. The lowest BCUT2D eigenvalue weighted by atomic mass is 10.1. The molecular formula is C16H12N2O4. The molecule has 6 nitrogen and oxygen atoms in total. The number of hydrogen-bond donors (Lipinski definition) is 1. The maximum absolute atomic E-state index is 11.4. The lowest BCUT2D eigenvalue weighted by Crippen LogP contribution is -2.12. The van der Waals surface area contributed by atoms with Crippen LogP contribution < -0.4 is 5.73 Å². The molecule has 0 unspecified atom stereocenters. The molecule has 22 heavy (non-hydrogen) atoms. The predicted molar refractivity (Wildman–Crippen MR) is 78.3 cm³/mol. The van der Waals surface area contributed by atoms with Gasteiger partial charge in [0.15, 0.2) is 0 Å². The Morgan fingerprint density at radius 2 is 1.91 bits per heavy atom. The summed E-state index contributed by atoms with van der Waals surface area (Å²) in [4.78, 5) is 22.3. The molecule has 0 radical (unpaired) electrons. The molecule has 1 amide bonds. The molecule has 1 aromatic heterocycles. The summed E-state index contributed by atoms with van der Waals surface area (Å²) in [7, 11) is 1.31. The Balaban J connectivity index is 2.27. The minimum atomic E-state index is -0.817. The zero-order chi connectivity index (χ0) is 16.1. The molecule has 110 valence electrons. The van der Waals surface area contributed by atoms with Gasteiger partial charge in [0.25, 0.3) is 5.91 Å². The first kappa shape index (κ1) is 15.1. The molecule has 0 spiro atoms. The van der Waals surface area contributed by atoms with Crippen LogP contribution in [0.5, 0.6) is 0 Å². The molecule has 0 bridgehead atoms. The number of esters is 1. The number of rotatable bonds is 4. The first-order valence-corrected chi connectivity index (χ1v) is 6.25. The van der Waals surface area contributed by atoms with Crippen molar-refractivity contribution in [3.63, 3.8) is 0 Å². The van der Waals surface area contributed by atoms with Gasteiger partial charge in [-0.15, -0.1) is 0 Å². The van der Waals surface area contributed by atoms with E-state index in [0.29, 0.717) is 17.1 Å². The number of nitriles is 1. The van der Waals surface area contributed by atoms with Crippen molar-refractivity contribution in [2.75, 3.05) is 7.11 Å². The molecule has 2 aromatic rings. The number of amides is 1. The third-order valence-corrected chi connectivity index (χ3v) is 2.89. The third kappa shape index (κ3) is 3.22. The summed E-state index contributed by atoms with van der Waals surface area (Å²) < 4.78 is 10.1. The number of methoxy groups -OCH3 is 1. The summed E-state index contributed by atoms with van der Waals surface area (Å²) in [6, 6.07) is 11.6. The summed E-state index contributed by atoms with van der Waals surface area (Å²) in [5, 5.41) is 8.78. The highest BCUT2D eigenvalue weighted by Crippen LogP contribution is 2.24. The monoisotopic (exact) mass is 296 g/mol. The fraction of sp³-hybridized carbons (Fsp3) is 0.0625. The summed E-state index contributed by atoms with van der Waals surface area (Å²) in [6.45, 7) is 0. The molecule has 1 aromatic carbocycles. The molecule has 0 aliphatic rings. The molecule has 0 saturated heterocycles. The van der Waals surface area contributed by atoms with Crippen LogP contribution in [0.4, 0.5) is 0 Å². The molecule has 0 aliphatic heterocycles. The van der Waals surface area contributed by atoms with E-state index in [1.165, 1.54) is 13.2 Å². The van der Waals surface area contributed by atoms with Crippen LogP contribution in [0.3, 0.4) is 0 Å². The minimum absolute atomic E-state index is 0.193. The first-order valence-electron chi connectivity index (χ1n) is 6.25. The van der Waals surface area contributed by atoms with E-state index in [-0.39, 0.29) is 5.57 Å². The van der Waals surface area contributed by atoms with Crippen molar-refractivity contribution >= 4 is 18.0 Å². The molecule has 1 heterocycles. The van der Waals surface area contributed by atoms with Crippen molar-refractivity contribution in [2.45, 2.75) is 0 Å². The zero-order valence-electron chi connectivity index (χ0n) is 11.7. The number of nitrogens with two attached hydrogens (primary N) is 1. The maximum atomic E-state index is 11.4. The Bertz CT molecular complexity index is 779. The van der Waals surface area contributed by atoms with Gasteiger partial charge in [-0.3, -0.25) is 4.79 Å². The lowest BCUT2D eigenvalue weighted by Gasteiger charge is -2.00. The average Bonchev–Trinajstić information content (AvgIpc) is 3.00. The van der Waals surface area contributed by atoms with Gasteiger partial charge in [-0.2, -0.15) is 5.26 Å². The van der Waals surface area contributed by atoms with Gasteiger partial charge in [-0.05, 0) is 24.3 Å². The highest BCUT2D eigenvalue weighted by atomic mass is 16.5. The quantitative estimate of drug-likeness (QED) is 0.528. The summed E-state index contributed by atoms with van der Waals surface area (Å²) in [5.74, 6) is -0.371. The highest BCUT2D eigenvalue weighted by Gasteiger charge is 2.09. The Hall–Kier alpha value is -3.33. The molecule has 0 saturated carbocycles. The smallest absolute Gasteiger partial charge is 0.337 e. The van der Waals surface area contributed by atoms with E-state index >= 15 is 0 Å². The second-order valence-electron chi connectivity index (χ2n) is 4.31. The highest BCUT2D eigenvalue weighted by molar-refractivity contribution is 6.00. The van der Waals surface area contributed by atoms with Crippen LogP contribution in [0.15, 0.2) is 46.4 Å². The molecule has 2 rings (SSSR count). The fourth-order valence-corrected chi connectivity index (χ4v) is 1.77. The zero-order valence-corrected chi connectivity index (χ0v) is 11.7. The third-order valence-electron chi connectivity index (χ3n) is 2.89. The van der Waals surface area contributed by atoms with Crippen molar-refractivity contribution in [3.05, 3.63) is 53.3 Å². The van der Waals surface area contributed by atoms with E-state index in [0.717, 1.165) is 5.56 Å². The van der Waals surface area contributed by atoms with Gasteiger partial charge in [0.05, 0.1) is 12.7 Å². The van der Waals surface area contributed by atoms with E-state index < -0.39 is 11.9 Å². The Kier molecular flexibility index (Phi) is 4.39. The van der Waals surface area contributed by atoms with Crippen molar-refractivity contribution < 1.29 is 18.7 Å². The van der Waals surface area contributed by atoms with Crippen LogP contribution in [0.2, 0.25) is 0 Å². The van der Waals surface area contributed by atoms with Crippen molar-refractivity contribution in [2.24, 2.45) is 5.73 Å². The summed E-state index contributed by atoms with van der Waals surface area (Å²) in [6.07, 6.45) is 1.27. The lowest BCUT2D eigenvalue weighted by molar-refractivity contribution is -0.114. The van der Waals surface area contributed by atoms with Crippen LogP contribution in [0, 0.1) is 11.3 Å². The molecular weight excluding hydrogens is 284 g/mol. The van der Waals surface area contributed by atoms with Gasteiger partial charge in [0, 0.05) is 11.6 Å². The minimum Gasteiger partial charge on any atom is -0.465 e. The number of furan rings is 1. The van der Waals surface area contributed by atoms with Crippen molar-refractivity contribution in [1.82, 2.24) is 0 Å². The summed E-state index contributed by atoms with van der Waals surface area (Å²) >= 11 is 0. The van der Waals surface area contributed by atoms with Gasteiger partial charge in [0.2, 0.25) is 0 Å². The largest absolute Gasteiger partial charge is 0.465 e. The van der Waals surface area contributed by atoms with E-state index in [1.54, 1.807) is 42.5 Å². The Morgan fingerprint density at radius 1 is 1.23 bits per heavy atom. The molecule has 6 heteroatoms. The van der Waals surface area contributed by atoms with Crippen LogP contribution in [0.1, 0.15) is 16.1 Å². The number of benzene rings is 1. The second kappa shape index (κ2) is 6.41. The number of nitrogens with zero attached hydrogens (tertiary/aromatic N) is 1. The number of carbonyl (C=O) groups excluding carboxylic acids is 2. The number of hydrogen-bond acceptors (Lipinski definition) is 5. The summed E-state index contributed by atoms with van der Waals surface area (Å²) in [5.41, 5.74) is 6.03.